The van der Waals surface area contributed by atoms with Gasteiger partial charge in [-0.1, -0.05) is 36.7 Å². The van der Waals surface area contributed by atoms with Gasteiger partial charge in [-0.15, -0.1) is 0 Å². The second-order valence-electron chi connectivity index (χ2n) is 5.05. The van der Waals surface area contributed by atoms with E-state index in [0.717, 1.165) is 28.4 Å². The minimum atomic E-state index is -0.216. The van der Waals surface area contributed by atoms with E-state index in [2.05, 4.69) is 5.32 Å². The Labute approximate surface area is 130 Å². The fourth-order valence-corrected chi connectivity index (χ4v) is 2.39. The molecule has 0 aliphatic heterocycles. The highest BCUT2D eigenvalue weighted by Gasteiger charge is 2.08. The summed E-state index contributed by atoms with van der Waals surface area (Å²) < 4.78 is 13.8. The van der Waals surface area contributed by atoms with Crippen LogP contribution < -0.4 is 10.2 Å². The van der Waals surface area contributed by atoms with E-state index in [1.807, 2.05) is 49.2 Å². The van der Waals surface area contributed by atoms with Crippen LogP contribution in [-0.2, 0) is 13.1 Å². The zero-order chi connectivity index (χ0) is 15.2. The highest BCUT2D eigenvalue weighted by Crippen LogP contribution is 2.22. The van der Waals surface area contributed by atoms with Crippen molar-refractivity contribution in [2.45, 2.75) is 20.0 Å². The monoisotopic (exact) mass is 306 g/mol. The summed E-state index contributed by atoms with van der Waals surface area (Å²) in [5.74, 6) is -0.216. The Balaban J connectivity index is 2.16. The van der Waals surface area contributed by atoms with E-state index in [1.165, 1.54) is 0 Å². The Bertz CT molecular complexity index is 601. The Morgan fingerprint density at radius 1 is 1.19 bits per heavy atom. The molecule has 0 saturated heterocycles. The lowest BCUT2D eigenvalue weighted by atomic mass is 10.1. The predicted molar refractivity (Wildman–Crippen MR) is 87.3 cm³/mol. The summed E-state index contributed by atoms with van der Waals surface area (Å²) in [7, 11) is 1.94. The maximum atomic E-state index is 13.8. The van der Waals surface area contributed by atoms with Gasteiger partial charge in [-0.2, -0.15) is 0 Å². The van der Waals surface area contributed by atoms with Gasteiger partial charge in [0, 0.05) is 30.8 Å². The molecule has 0 bridgehead atoms. The molecule has 0 aliphatic carbocycles. The minimum Gasteiger partial charge on any atom is -0.370 e. The largest absolute Gasteiger partial charge is 0.370 e. The molecule has 2 aromatic carbocycles. The van der Waals surface area contributed by atoms with Crippen molar-refractivity contribution in [2.24, 2.45) is 0 Å². The van der Waals surface area contributed by atoms with Crippen LogP contribution >= 0.6 is 11.6 Å². The van der Waals surface area contributed by atoms with Gasteiger partial charge in [-0.05, 0) is 41.9 Å². The number of nitrogens with zero attached hydrogens (tertiary/aromatic N) is 1. The third kappa shape index (κ3) is 4.45. The van der Waals surface area contributed by atoms with Crippen molar-refractivity contribution in [3.8, 4) is 0 Å². The van der Waals surface area contributed by atoms with Crippen molar-refractivity contribution < 1.29 is 4.39 Å². The molecule has 112 valence electrons. The van der Waals surface area contributed by atoms with Crippen LogP contribution in [0.25, 0.3) is 0 Å². The first-order valence-electron chi connectivity index (χ1n) is 7.05. The number of halogens is 2. The van der Waals surface area contributed by atoms with E-state index in [9.17, 15) is 4.39 Å². The van der Waals surface area contributed by atoms with Crippen molar-refractivity contribution >= 4 is 17.3 Å². The lowest BCUT2D eigenvalue weighted by Crippen LogP contribution is -2.18. The van der Waals surface area contributed by atoms with Gasteiger partial charge >= 0.3 is 0 Å². The molecule has 4 heteroatoms. The van der Waals surface area contributed by atoms with Crippen molar-refractivity contribution in [3.63, 3.8) is 0 Å². The molecule has 0 fully saturated rings. The first-order valence-corrected chi connectivity index (χ1v) is 7.42. The molecule has 0 saturated carbocycles. The summed E-state index contributed by atoms with van der Waals surface area (Å²) in [6, 6.07) is 12.8. The number of hydrogen-bond donors (Lipinski definition) is 1. The molecule has 2 rings (SSSR count). The van der Waals surface area contributed by atoms with Gasteiger partial charge in [0.05, 0.1) is 0 Å². The Kier molecular flexibility index (Phi) is 5.59. The van der Waals surface area contributed by atoms with Gasteiger partial charge in [0.25, 0.3) is 0 Å². The van der Waals surface area contributed by atoms with Crippen LogP contribution in [0.3, 0.4) is 0 Å². The number of hydrogen-bond acceptors (Lipinski definition) is 2. The highest BCUT2D eigenvalue weighted by atomic mass is 35.5. The minimum absolute atomic E-state index is 0.216. The molecule has 21 heavy (non-hydrogen) atoms. The molecular formula is C17H20ClFN2. The van der Waals surface area contributed by atoms with Crippen molar-refractivity contribution in [1.82, 2.24) is 5.32 Å². The van der Waals surface area contributed by atoms with Crippen LogP contribution in [0.4, 0.5) is 10.1 Å². The summed E-state index contributed by atoms with van der Waals surface area (Å²) in [6.07, 6.45) is 0. The molecule has 2 nitrogen and oxygen atoms in total. The van der Waals surface area contributed by atoms with Gasteiger partial charge in [-0.25, -0.2) is 4.39 Å². The molecule has 0 aromatic heterocycles. The first-order chi connectivity index (χ1) is 10.1. The highest BCUT2D eigenvalue weighted by molar-refractivity contribution is 6.31. The molecule has 0 amide bonds. The summed E-state index contributed by atoms with van der Waals surface area (Å²) in [6.45, 7) is 4.20. The van der Waals surface area contributed by atoms with Crippen molar-refractivity contribution in [1.29, 1.82) is 0 Å². The van der Waals surface area contributed by atoms with E-state index in [1.54, 1.807) is 12.1 Å². The van der Waals surface area contributed by atoms with Crippen molar-refractivity contribution in [3.05, 3.63) is 64.4 Å². The molecule has 0 spiro atoms. The summed E-state index contributed by atoms with van der Waals surface area (Å²) in [5.41, 5.74) is 2.82. The van der Waals surface area contributed by atoms with E-state index >= 15 is 0 Å². The van der Waals surface area contributed by atoms with Gasteiger partial charge in [0.2, 0.25) is 0 Å². The standard InChI is InChI=1S/C17H20ClFN2/c1-3-20-11-13-8-15(19)10-16(9-13)21(2)12-14-6-4-5-7-17(14)18/h4-10,20H,3,11-12H2,1-2H3. The van der Waals surface area contributed by atoms with Crippen LogP contribution in [0.15, 0.2) is 42.5 Å². The smallest absolute Gasteiger partial charge is 0.125 e. The lowest BCUT2D eigenvalue weighted by molar-refractivity contribution is 0.621. The van der Waals surface area contributed by atoms with E-state index in [0.29, 0.717) is 13.1 Å². The van der Waals surface area contributed by atoms with Crippen LogP contribution in [0, 0.1) is 5.82 Å². The average Bonchev–Trinajstić information content (AvgIpc) is 2.47. The SMILES string of the molecule is CCNCc1cc(F)cc(N(C)Cc2ccccc2Cl)c1. The molecule has 0 radical (unpaired) electrons. The van der Waals surface area contributed by atoms with Crippen LogP contribution in [0.2, 0.25) is 5.02 Å². The number of anilines is 1. The normalized spacial score (nSPS) is 10.7. The van der Waals surface area contributed by atoms with Gasteiger partial charge in [0.15, 0.2) is 0 Å². The topological polar surface area (TPSA) is 15.3 Å². The first kappa shape index (κ1) is 15.8. The Morgan fingerprint density at radius 2 is 1.95 bits per heavy atom. The zero-order valence-electron chi connectivity index (χ0n) is 12.4. The second-order valence-corrected chi connectivity index (χ2v) is 5.45. The summed E-state index contributed by atoms with van der Waals surface area (Å²) in [5, 5.41) is 3.94. The summed E-state index contributed by atoms with van der Waals surface area (Å²) in [4.78, 5) is 2.00. The Morgan fingerprint density at radius 3 is 2.67 bits per heavy atom. The maximum Gasteiger partial charge on any atom is 0.125 e. The van der Waals surface area contributed by atoms with Gasteiger partial charge in [0.1, 0.15) is 5.82 Å². The molecule has 0 atom stereocenters. The fourth-order valence-electron chi connectivity index (χ4n) is 2.20. The quantitative estimate of drug-likeness (QED) is 0.859. The third-order valence-corrected chi connectivity index (χ3v) is 3.70. The number of nitrogens with one attached hydrogen (secondary N) is 1. The molecule has 2 aromatic rings. The zero-order valence-corrected chi connectivity index (χ0v) is 13.1. The Hall–Kier alpha value is -1.58. The predicted octanol–water partition coefficient (Wildman–Crippen LogP) is 4.23. The second kappa shape index (κ2) is 7.43. The fraction of sp³-hybridized carbons (Fsp3) is 0.294. The molecule has 0 aliphatic rings. The molecular weight excluding hydrogens is 287 g/mol. The van der Waals surface area contributed by atoms with Gasteiger partial charge < -0.3 is 10.2 Å². The van der Waals surface area contributed by atoms with E-state index < -0.39 is 0 Å². The van der Waals surface area contributed by atoms with E-state index in [4.69, 9.17) is 11.6 Å². The van der Waals surface area contributed by atoms with Crippen molar-refractivity contribution in [2.75, 3.05) is 18.5 Å². The number of rotatable bonds is 6. The van der Waals surface area contributed by atoms with Crippen LogP contribution in [0.5, 0.6) is 0 Å². The molecule has 0 unspecified atom stereocenters. The lowest BCUT2D eigenvalue weighted by Gasteiger charge is -2.21. The number of benzene rings is 2. The van der Waals surface area contributed by atoms with Crippen LogP contribution in [0.1, 0.15) is 18.1 Å². The maximum absolute atomic E-state index is 13.8. The summed E-state index contributed by atoms with van der Waals surface area (Å²) >= 11 is 6.18. The molecule has 0 heterocycles. The molecule has 1 N–H and O–H groups in total. The van der Waals surface area contributed by atoms with Gasteiger partial charge in [-0.3, -0.25) is 0 Å². The van der Waals surface area contributed by atoms with Crippen LogP contribution in [-0.4, -0.2) is 13.6 Å². The third-order valence-electron chi connectivity index (χ3n) is 3.33. The average molecular weight is 307 g/mol. The van der Waals surface area contributed by atoms with E-state index in [-0.39, 0.29) is 5.82 Å².